The Labute approximate surface area is 190 Å². The van der Waals surface area contributed by atoms with E-state index in [1.807, 2.05) is 6.07 Å². The fourth-order valence-electron chi connectivity index (χ4n) is 5.14. The molecule has 5 rings (SSSR count). The first-order valence-corrected chi connectivity index (χ1v) is 11.3. The number of hydrogen-bond donors (Lipinski definition) is 2. The van der Waals surface area contributed by atoms with Crippen LogP contribution in [0.25, 0.3) is 0 Å². The summed E-state index contributed by atoms with van der Waals surface area (Å²) >= 11 is 0. The SMILES string of the molecule is O=C1CCC(N2Cc3cc(C4CCN(Cc5ccc(CO)o5)CC4)c(F)cc3C2=O)C(=O)N1. The lowest BCUT2D eigenvalue weighted by Crippen LogP contribution is -2.52. The van der Waals surface area contributed by atoms with Crippen LogP contribution in [-0.4, -0.2) is 51.8 Å². The van der Waals surface area contributed by atoms with E-state index in [1.165, 1.54) is 11.0 Å². The molecule has 2 aromatic rings. The lowest BCUT2D eigenvalue weighted by Gasteiger charge is -2.32. The van der Waals surface area contributed by atoms with Crippen LogP contribution >= 0.6 is 0 Å². The van der Waals surface area contributed by atoms with Crippen molar-refractivity contribution in [2.24, 2.45) is 0 Å². The molecule has 1 aromatic carbocycles. The number of nitrogens with one attached hydrogen (secondary N) is 1. The molecule has 0 bridgehead atoms. The van der Waals surface area contributed by atoms with Crippen molar-refractivity contribution < 1.29 is 28.3 Å². The van der Waals surface area contributed by atoms with Crippen LogP contribution in [0.3, 0.4) is 0 Å². The molecule has 2 fully saturated rings. The highest BCUT2D eigenvalue weighted by Crippen LogP contribution is 2.35. The van der Waals surface area contributed by atoms with Crippen molar-refractivity contribution in [3.05, 3.63) is 58.3 Å². The molecule has 9 heteroatoms. The van der Waals surface area contributed by atoms with Crippen molar-refractivity contribution in [2.45, 2.75) is 57.3 Å². The molecule has 1 unspecified atom stereocenters. The quantitative estimate of drug-likeness (QED) is 0.669. The molecule has 3 aliphatic rings. The number of fused-ring (bicyclic) bond motifs is 1. The number of hydrogen-bond acceptors (Lipinski definition) is 6. The van der Waals surface area contributed by atoms with E-state index < -0.39 is 11.9 Å². The summed E-state index contributed by atoms with van der Waals surface area (Å²) in [5, 5.41) is 11.4. The lowest BCUT2D eigenvalue weighted by molar-refractivity contribution is -0.136. The van der Waals surface area contributed by atoms with Gasteiger partial charge in [-0.25, -0.2) is 4.39 Å². The monoisotopic (exact) mass is 455 g/mol. The highest BCUT2D eigenvalue weighted by Gasteiger charge is 2.40. The molecule has 0 radical (unpaired) electrons. The smallest absolute Gasteiger partial charge is 0.255 e. The van der Waals surface area contributed by atoms with E-state index in [1.54, 1.807) is 12.1 Å². The number of carbonyl (C=O) groups is 3. The molecule has 2 saturated heterocycles. The number of likely N-dealkylation sites (tertiary alicyclic amines) is 1. The third kappa shape index (κ3) is 4.18. The van der Waals surface area contributed by atoms with Gasteiger partial charge >= 0.3 is 0 Å². The number of rotatable bonds is 5. The molecule has 0 aliphatic carbocycles. The van der Waals surface area contributed by atoms with E-state index in [9.17, 15) is 14.4 Å². The van der Waals surface area contributed by atoms with Gasteiger partial charge in [-0.15, -0.1) is 0 Å². The zero-order valence-corrected chi connectivity index (χ0v) is 18.2. The molecular weight excluding hydrogens is 429 g/mol. The summed E-state index contributed by atoms with van der Waals surface area (Å²) in [6.45, 7) is 2.35. The van der Waals surface area contributed by atoms with Crippen LogP contribution in [0.4, 0.5) is 4.39 Å². The summed E-state index contributed by atoms with van der Waals surface area (Å²) in [7, 11) is 0. The number of imide groups is 1. The number of amides is 3. The van der Waals surface area contributed by atoms with Crippen LogP contribution < -0.4 is 5.32 Å². The van der Waals surface area contributed by atoms with E-state index >= 15 is 4.39 Å². The molecule has 3 aliphatic heterocycles. The molecule has 1 atom stereocenters. The summed E-state index contributed by atoms with van der Waals surface area (Å²) < 4.78 is 20.6. The van der Waals surface area contributed by atoms with Crippen LogP contribution in [-0.2, 0) is 29.3 Å². The van der Waals surface area contributed by atoms with Gasteiger partial charge in [0.2, 0.25) is 11.8 Å². The third-order valence-electron chi connectivity index (χ3n) is 6.92. The lowest BCUT2D eigenvalue weighted by atomic mass is 9.87. The van der Waals surface area contributed by atoms with E-state index in [2.05, 4.69) is 10.2 Å². The average molecular weight is 455 g/mol. The molecular formula is C24H26FN3O5. The van der Waals surface area contributed by atoms with Crippen LogP contribution in [0.5, 0.6) is 0 Å². The maximum absolute atomic E-state index is 15.0. The molecule has 1 aromatic heterocycles. The molecule has 33 heavy (non-hydrogen) atoms. The number of halogens is 1. The number of carbonyl (C=O) groups excluding carboxylic acids is 3. The Kier molecular flexibility index (Phi) is 5.76. The number of aliphatic hydroxyl groups excluding tert-OH is 1. The van der Waals surface area contributed by atoms with Crippen LogP contribution in [0.2, 0.25) is 0 Å². The van der Waals surface area contributed by atoms with E-state index in [4.69, 9.17) is 9.52 Å². The predicted molar refractivity (Wildman–Crippen MR) is 114 cm³/mol. The number of benzene rings is 1. The minimum Gasteiger partial charge on any atom is -0.462 e. The molecule has 0 saturated carbocycles. The van der Waals surface area contributed by atoms with E-state index in [0.29, 0.717) is 23.4 Å². The van der Waals surface area contributed by atoms with Gasteiger partial charge in [0.1, 0.15) is 30.0 Å². The second kappa shape index (κ2) is 8.72. The largest absolute Gasteiger partial charge is 0.462 e. The topological polar surface area (TPSA) is 103 Å². The summed E-state index contributed by atoms with van der Waals surface area (Å²) in [6.07, 6.45) is 2.05. The van der Waals surface area contributed by atoms with Gasteiger partial charge in [-0.3, -0.25) is 24.6 Å². The van der Waals surface area contributed by atoms with Gasteiger partial charge < -0.3 is 14.4 Å². The standard InChI is InChI=1S/C24H26FN3O5/c25-20-10-19-15(11-28(24(19)32)21-3-4-22(30)26-23(21)31)9-18(20)14-5-7-27(8-6-14)12-16-1-2-17(13-29)33-16/h1-2,9-10,14,21,29H,3-8,11-13H2,(H,26,30,31). The van der Waals surface area contributed by atoms with Gasteiger partial charge in [0.15, 0.2) is 0 Å². The van der Waals surface area contributed by atoms with Crippen molar-refractivity contribution in [1.82, 2.24) is 15.1 Å². The van der Waals surface area contributed by atoms with Crippen molar-refractivity contribution in [3.8, 4) is 0 Å². The fourth-order valence-corrected chi connectivity index (χ4v) is 5.14. The third-order valence-corrected chi connectivity index (χ3v) is 6.92. The molecule has 2 N–H and O–H groups in total. The number of furan rings is 1. The molecule has 0 spiro atoms. The Balaban J connectivity index is 1.26. The highest BCUT2D eigenvalue weighted by molar-refractivity contribution is 6.05. The van der Waals surface area contributed by atoms with Gasteiger partial charge in [0.05, 0.1) is 6.54 Å². The summed E-state index contributed by atoms with van der Waals surface area (Å²) in [6, 6.07) is 6.02. The van der Waals surface area contributed by atoms with Gasteiger partial charge in [0.25, 0.3) is 5.91 Å². The second-order valence-electron chi connectivity index (χ2n) is 9.01. The minimum atomic E-state index is -0.703. The second-order valence-corrected chi connectivity index (χ2v) is 9.01. The number of piperidine rings is 2. The Morgan fingerprint density at radius 2 is 1.85 bits per heavy atom. The number of aliphatic hydroxyl groups is 1. The van der Waals surface area contributed by atoms with Crippen LogP contribution in [0.1, 0.15) is 64.6 Å². The van der Waals surface area contributed by atoms with Gasteiger partial charge in [0, 0.05) is 18.5 Å². The first-order chi connectivity index (χ1) is 15.9. The maximum atomic E-state index is 15.0. The van der Waals surface area contributed by atoms with Crippen molar-refractivity contribution in [2.75, 3.05) is 13.1 Å². The Hall–Kier alpha value is -3.04. The Morgan fingerprint density at radius 3 is 2.55 bits per heavy atom. The molecule has 3 amide bonds. The van der Waals surface area contributed by atoms with Crippen molar-refractivity contribution in [3.63, 3.8) is 0 Å². The normalized spacial score (nSPS) is 22.1. The Bertz CT molecular complexity index is 1110. The van der Waals surface area contributed by atoms with E-state index in [0.717, 1.165) is 37.3 Å². The summed E-state index contributed by atoms with van der Waals surface area (Å²) in [4.78, 5) is 40.2. The minimum absolute atomic E-state index is 0.0518. The predicted octanol–water partition coefficient (Wildman–Crippen LogP) is 2.05. The average Bonchev–Trinajstić information content (AvgIpc) is 3.38. The van der Waals surface area contributed by atoms with Crippen LogP contribution in [0, 0.1) is 5.82 Å². The van der Waals surface area contributed by atoms with E-state index in [-0.39, 0.29) is 49.5 Å². The zero-order valence-electron chi connectivity index (χ0n) is 18.2. The van der Waals surface area contributed by atoms with Gasteiger partial charge in [-0.2, -0.15) is 0 Å². The zero-order chi connectivity index (χ0) is 23.1. The molecule has 174 valence electrons. The summed E-state index contributed by atoms with van der Waals surface area (Å²) in [5.41, 5.74) is 1.65. The maximum Gasteiger partial charge on any atom is 0.255 e. The molecule has 4 heterocycles. The fraction of sp³-hybridized carbons (Fsp3) is 0.458. The van der Waals surface area contributed by atoms with Crippen molar-refractivity contribution in [1.29, 1.82) is 0 Å². The Morgan fingerprint density at radius 1 is 1.09 bits per heavy atom. The number of nitrogens with zero attached hydrogens (tertiary/aromatic N) is 2. The first-order valence-electron chi connectivity index (χ1n) is 11.3. The first kappa shape index (κ1) is 21.8. The van der Waals surface area contributed by atoms with Crippen molar-refractivity contribution >= 4 is 17.7 Å². The van der Waals surface area contributed by atoms with Gasteiger partial charge in [-0.05, 0) is 67.6 Å². The van der Waals surface area contributed by atoms with Crippen LogP contribution in [0.15, 0.2) is 28.7 Å². The highest BCUT2D eigenvalue weighted by atomic mass is 19.1. The van der Waals surface area contributed by atoms with Gasteiger partial charge in [-0.1, -0.05) is 6.07 Å². The molecule has 8 nitrogen and oxygen atoms in total. The summed E-state index contributed by atoms with van der Waals surface area (Å²) in [5.74, 6) is -0.154.